The lowest BCUT2D eigenvalue weighted by Gasteiger charge is -2.22. The Kier molecular flexibility index (Phi) is 4.89. The summed E-state index contributed by atoms with van der Waals surface area (Å²) in [5.41, 5.74) is 7.49. The van der Waals surface area contributed by atoms with Crippen LogP contribution < -0.4 is 15.8 Å². The van der Waals surface area contributed by atoms with E-state index in [1.165, 1.54) is 0 Å². The fraction of sp³-hybridized carbons (Fsp3) is 0.238. The molecule has 0 spiro atoms. The summed E-state index contributed by atoms with van der Waals surface area (Å²) in [7, 11) is 0. The van der Waals surface area contributed by atoms with Crippen LogP contribution in [-0.4, -0.2) is 28.8 Å². The van der Waals surface area contributed by atoms with Crippen molar-refractivity contribution in [2.45, 2.75) is 18.9 Å². The Labute approximate surface area is 158 Å². The van der Waals surface area contributed by atoms with E-state index in [1.54, 1.807) is 6.20 Å². The molecular formula is C21H22N4O2. The Balaban J connectivity index is 1.60. The number of hydrogen-bond acceptors (Lipinski definition) is 4. The van der Waals surface area contributed by atoms with Crippen molar-refractivity contribution in [3.05, 3.63) is 66.4 Å². The highest BCUT2D eigenvalue weighted by Gasteiger charge is 2.21. The topological polar surface area (TPSA) is 82.2 Å². The standard InChI is InChI=1S/C21H22N4O2/c22-21(26)19-14-25(16-5-4-12-23-13-16)24-20(19)15-8-10-18(11-9-15)27-17-6-2-1-3-7-17/h1-3,6-11,14,16,23H,4-5,12-13H2,(H2,22,26)/t16-/m1/s1. The van der Waals surface area contributed by atoms with Crippen LogP contribution in [0.1, 0.15) is 29.2 Å². The van der Waals surface area contributed by atoms with Crippen LogP contribution in [0.3, 0.4) is 0 Å². The van der Waals surface area contributed by atoms with Crippen LogP contribution in [-0.2, 0) is 0 Å². The number of amides is 1. The number of nitrogens with one attached hydrogen (secondary N) is 1. The molecule has 4 rings (SSSR count). The van der Waals surface area contributed by atoms with Crippen molar-refractivity contribution < 1.29 is 9.53 Å². The van der Waals surface area contributed by atoms with E-state index in [4.69, 9.17) is 10.5 Å². The van der Waals surface area contributed by atoms with Gasteiger partial charge in [-0.3, -0.25) is 9.48 Å². The molecule has 0 unspecified atom stereocenters. The van der Waals surface area contributed by atoms with Crippen LogP contribution in [0.4, 0.5) is 0 Å². The van der Waals surface area contributed by atoms with Crippen molar-refractivity contribution in [1.29, 1.82) is 0 Å². The van der Waals surface area contributed by atoms with Gasteiger partial charge >= 0.3 is 0 Å². The predicted molar refractivity (Wildman–Crippen MR) is 104 cm³/mol. The van der Waals surface area contributed by atoms with Crippen molar-refractivity contribution in [3.63, 3.8) is 0 Å². The highest BCUT2D eigenvalue weighted by atomic mass is 16.5. The van der Waals surface area contributed by atoms with E-state index in [1.807, 2.05) is 59.3 Å². The number of para-hydroxylation sites is 1. The first-order valence-electron chi connectivity index (χ1n) is 9.14. The third-order valence-corrected chi connectivity index (χ3v) is 4.75. The quantitative estimate of drug-likeness (QED) is 0.729. The van der Waals surface area contributed by atoms with Crippen LogP contribution in [0.25, 0.3) is 11.3 Å². The maximum Gasteiger partial charge on any atom is 0.252 e. The van der Waals surface area contributed by atoms with Crippen LogP contribution in [0, 0.1) is 0 Å². The maximum atomic E-state index is 11.9. The minimum atomic E-state index is -0.468. The fourth-order valence-electron chi connectivity index (χ4n) is 3.34. The van der Waals surface area contributed by atoms with E-state index < -0.39 is 5.91 Å². The van der Waals surface area contributed by atoms with E-state index >= 15 is 0 Å². The highest BCUT2D eigenvalue weighted by molar-refractivity contribution is 5.98. The lowest BCUT2D eigenvalue weighted by Crippen LogP contribution is -2.31. The number of carbonyl (C=O) groups excluding carboxylic acids is 1. The zero-order valence-corrected chi connectivity index (χ0v) is 15.0. The lowest BCUT2D eigenvalue weighted by atomic mass is 10.1. The zero-order valence-electron chi connectivity index (χ0n) is 15.0. The molecule has 0 saturated carbocycles. The van der Waals surface area contributed by atoms with Crippen LogP contribution in [0.2, 0.25) is 0 Å². The molecule has 1 fully saturated rings. The number of ether oxygens (including phenoxy) is 1. The van der Waals surface area contributed by atoms with Gasteiger partial charge in [0.05, 0.1) is 11.6 Å². The van der Waals surface area contributed by atoms with Gasteiger partial charge in [0.15, 0.2) is 0 Å². The molecule has 1 aliphatic heterocycles. The number of nitrogens with two attached hydrogens (primary N) is 1. The van der Waals surface area contributed by atoms with Gasteiger partial charge in [-0.25, -0.2) is 0 Å². The minimum absolute atomic E-state index is 0.242. The van der Waals surface area contributed by atoms with Crippen molar-refractivity contribution in [3.8, 4) is 22.8 Å². The SMILES string of the molecule is NC(=O)c1cn([C@@H]2CCCNC2)nc1-c1ccc(Oc2ccccc2)cc1. The Morgan fingerprint density at radius 2 is 1.85 bits per heavy atom. The number of primary amides is 1. The zero-order chi connectivity index (χ0) is 18.6. The first kappa shape index (κ1) is 17.3. The number of nitrogens with zero attached hydrogens (tertiary/aromatic N) is 2. The van der Waals surface area contributed by atoms with Crippen LogP contribution >= 0.6 is 0 Å². The maximum absolute atomic E-state index is 11.9. The van der Waals surface area contributed by atoms with Crippen molar-refractivity contribution in [2.24, 2.45) is 5.73 Å². The minimum Gasteiger partial charge on any atom is -0.457 e. The van der Waals surface area contributed by atoms with Crippen LogP contribution in [0.15, 0.2) is 60.8 Å². The van der Waals surface area contributed by atoms with Gasteiger partial charge in [0, 0.05) is 18.3 Å². The fourth-order valence-corrected chi connectivity index (χ4v) is 3.34. The summed E-state index contributed by atoms with van der Waals surface area (Å²) < 4.78 is 7.69. The van der Waals surface area contributed by atoms with Gasteiger partial charge < -0.3 is 15.8 Å². The van der Waals surface area contributed by atoms with Gasteiger partial charge in [0.2, 0.25) is 0 Å². The largest absolute Gasteiger partial charge is 0.457 e. The Hall–Kier alpha value is -3.12. The Bertz CT molecular complexity index is 913. The number of aromatic nitrogens is 2. The van der Waals surface area contributed by atoms with Crippen molar-refractivity contribution >= 4 is 5.91 Å². The van der Waals surface area contributed by atoms with E-state index in [0.29, 0.717) is 11.3 Å². The van der Waals surface area contributed by atoms with E-state index in [0.717, 1.165) is 43.0 Å². The second-order valence-corrected chi connectivity index (χ2v) is 6.68. The van der Waals surface area contributed by atoms with Crippen molar-refractivity contribution in [1.82, 2.24) is 15.1 Å². The summed E-state index contributed by atoms with van der Waals surface area (Å²) in [5, 5.41) is 8.04. The Morgan fingerprint density at radius 1 is 1.11 bits per heavy atom. The third kappa shape index (κ3) is 3.85. The smallest absolute Gasteiger partial charge is 0.252 e. The summed E-state index contributed by atoms with van der Waals surface area (Å²) in [6.45, 7) is 1.87. The summed E-state index contributed by atoms with van der Waals surface area (Å²) in [6, 6.07) is 17.4. The molecule has 0 aliphatic carbocycles. The molecule has 3 N–H and O–H groups in total. The highest BCUT2D eigenvalue weighted by Crippen LogP contribution is 2.28. The molecule has 138 valence electrons. The Morgan fingerprint density at radius 3 is 2.52 bits per heavy atom. The summed E-state index contributed by atoms with van der Waals surface area (Å²) >= 11 is 0. The van der Waals surface area contributed by atoms with Gasteiger partial charge in [-0.2, -0.15) is 5.10 Å². The number of piperidine rings is 1. The van der Waals surface area contributed by atoms with Gasteiger partial charge in [-0.1, -0.05) is 18.2 Å². The summed E-state index contributed by atoms with van der Waals surface area (Å²) in [6.07, 6.45) is 3.90. The summed E-state index contributed by atoms with van der Waals surface area (Å²) in [5.74, 6) is 1.03. The first-order valence-corrected chi connectivity index (χ1v) is 9.14. The van der Waals surface area contributed by atoms with Crippen LogP contribution in [0.5, 0.6) is 11.5 Å². The molecule has 2 aromatic carbocycles. The molecule has 1 atom stereocenters. The molecule has 1 amide bonds. The average Bonchev–Trinajstić information content (AvgIpc) is 3.16. The average molecular weight is 362 g/mol. The lowest BCUT2D eigenvalue weighted by molar-refractivity contribution is 0.100. The van der Waals surface area contributed by atoms with E-state index in [2.05, 4.69) is 10.4 Å². The number of hydrogen-bond donors (Lipinski definition) is 2. The third-order valence-electron chi connectivity index (χ3n) is 4.75. The molecule has 27 heavy (non-hydrogen) atoms. The second kappa shape index (κ2) is 7.63. The van der Waals surface area contributed by atoms with E-state index in [9.17, 15) is 4.79 Å². The number of rotatable bonds is 5. The van der Waals surface area contributed by atoms with Crippen molar-refractivity contribution in [2.75, 3.05) is 13.1 Å². The number of benzene rings is 2. The second-order valence-electron chi connectivity index (χ2n) is 6.68. The molecule has 1 saturated heterocycles. The normalized spacial score (nSPS) is 16.8. The molecule has 3 aromatic rings. The van der Waals surface area contributed by atoms with E-state index in [-0.39, 0.29) is 6.04 Å². The monoisotopic (exact) mass is 362 g/mol. The molecule has 1 aromatic heterocycles. The predicted octanol–water partition coefficient (Wildman–Crippen LogP) is 3.37. The molecular weight excluding hydrogens is 340 g/mol. The molecule has 1 aliphatic rings. The first-order chi connectivity index (χ1) is 13.2. The number of carbonyl (C=O) groups is 1. The van der Waals surface area contributed by atoms with Gasteiger partial charge in [0.25, 0.3) is 5.91 Å². The summed E-state index contributed by atoms with van der Waals surface area (Å²) in [4.78, 5) is 11.9. The molecule has 6 heteroatoms. The molecule has 0 bridgehead atoms. The van der Waals surface area contributed by atoms with Gasteiger partial charge in [0.1, 0.15) is 17.2 Å². The molecule has 2 heterocycles. The molecule has 6 nitrogen and oxygen atoms in total. The molecule has 0 radical (unpaired) electrons. The van der Waals surface area contributed by atoms with Gasteiger partial charge in [-0.15, -0.1) is 0 Å². The van der Waals surface area contributed by atoms with Gasteiger partial charge in [-0.05, 0) is 55.8 Å².